The second-order valence-electron chi connectivity index (χ2n) is 17.1. The molecule has 12 rings (SSSR count). The van der Waals surface area contributed by atoms with Crippen LogP contribution >= 0.6 is 0 Å². The van der Waals surface area contributed by atoms with Crippen molar-refractivity contribution in [1.82, 2.24) is 16.0 Å². The average Bonchev–Trinajstić information content (AvgIpc) is 3.80. The van der Waals surface area contributed by atoms with Crippen LogP contribution in [0.2, 0.25) is 0 Å². The summed E-state index contributed by atoms with van der Waals surface area (Å²) in [5.74, 6) is 0.813. The molecule has 2 aliphatic rings. The van der Waals surface area contributed by atoms with Gasteiger partial charge in [-0.1, -0.05) is 224 Å². The minimum absolute atomic E-state index is 0.149. The Labute approximate surface area is 390 Å². The molecule has 9 aromatic carbocycles. The highest BCUT2D eigenvalue weighted by atomic mass is 16.3. The summed E-state index contributed by atoms with van der Waals surface area (Å²) >= 11 is 0. The molecule has 3 unspecified atom stereocenters. The molecule has 67 heavy (non-hydrogen) atoms. The first-order chi connectivity index (χ1) is 33.2. The van der Waals surface area contributed by atoms with E-state index in [2.05, 4.69) is 246 Å². The van der Waals surface area contributed by atoms with Gasteiger partial charge in [0, 0.05) is 27.5 Å². The van der Waals surface area contributed by atoms with Crippen molar-refractivity contribution in [1.29, 1.82) is 0 Å². The van der Waals surface area contributed by atoms with E-state index in [0.29, 0.717) is 0 Å². The maximum atomic E-state index is 6.51. The van der Waals surface area contributed by atoms with Gasteiger partial charge in [-0.15, -0.1) is 0 Å². The van der Waals surface area contributed by atoms with Crippen molar-refractivity contribution < 1.29 is 4.42 Å². The van der Waals surface area contributed by atoms with E-state index in [1.54, 1.807) is 0 Å². The van der Waals surface area contributed by atoms with Crippen LogP contribution in [0.25, 0.3) is 55.5 Å². The molecule has 2 aliphatic heterocycles. The van der Waals surface area contributed by atoms with Crippen molar-refractivity contribution >= 4 is 50.2 Å². The van der Waals surface area contributed by atoms with Crippen LogP contribution in [0, 0.1) is 0 Å². The number of aliphatic imine (C=N–C) groups is 1. The topological polar surface area (TPSA) is 61.6 Å². The quantitative estimate of drug-likeness (QED) is 0.135. The van der Waals surface area contributed by atoms with Crippen LogP contribution in [0.3, 0.4) is 0 Å². The number of para-hydroxylation sites is 2. The van der Waals surface area contributed by atoms with E-state index in [-0.39, 0.29) is 18.4 Å². The van der Waals surface area contributed by atoms with Gasteiger partial charge in [-0.3, -0.25) is 5.32 Å². The van der Waals surface area contributed by atoms with Gasteiger partial charge in [0.25, 0.3) is 0 Å². The van der Waals surface area contributed by atoms with Crippen LogP contribution in [0.4, 0.5) is 0 Å². The van der Waals surface area contributed by atoms with Gasteiger partial charge < -0.3 is 15.1 Å². The molecule has 5 nitrogen and oxygen atoms in total. The van der Waals surface area contributed by atoms with Crippen molar-refractivity contribution in [3.63, 3.8) is 0 Å². The van der Waals surface area contributed by atoms with E-state index in [4.69, 9.17) is 9.41 Å². The van der Waals surface area contributed by atoms with Gasteiger partial charge in [0.05, 0.1) is 11.7 Å². The molecule has 0 amide bonds. The molecule has 1 aromatic heterocycles. The number of dihydropyridines is 1. The molecule has 0 spiro atoms. The SMILES string of the molecule is c1ccc(C2=C(c3ccccc3)C(c3cccc(C4=NC(c5cccc(-c6cccc7c6oc6ccccc67)c5)NC(c5ccccc5)N4)c3)=C(c3ccccc3)C(c3ccccc3)N2)cc1. The lowest BCUT2D eigenvalue weighted by Gasteiger charge is -2.36. The summed E-state index contributed by atoms with van der Waals surface area (Å²) < 4.78 is 6.51. The number of fused-ring (bicyclic) bond motifs is 3. The van der Waals surface area contributed by atoms with E-state index in [0.717, 1.165) is 89.1 Å². The number of nitrogens with zero attached hydrogens (tertiary/aromatic N) is 1. The van der Waals surface area contributed by atoms with Gasteiger partial charge in [-0.2, -0.15) is 0 Å². The van der Waals surface area contributed by atoms with Crippen molar-refractivity contribution in [3.05, 3.63) is 287 Å². The Morgan fingerprint density at radius 2 is 0.940 bits per heavy atom. The molecule has 0 aliphatic carbocycles. The maximum absolute atomic E-state index is 6.51. The van der Waals surface area contributed by atoms with Gasteiger partial charge in [-0.05, 0) is 73.9 Å². The molecule has 3 atom stereocenters. The van der Waals surface area contributed by atoms with Crippen molar-refractivity contribution in [2.75, 3.05) is 0 Å². The molecule has 10 aromatic rings. The summed E-state index contributed by atoms with van der Waals surface area (Å²) in [6.07, 6.45) is -0.570. The first-order valence-corrected chi connectivity index (χ1v) is 23.0. The third kappa shape index (κ3) is 7.61. The Hall–Kier alpha value is -8.51. The molecule has 0 fully saturated rings. The molecule has 3 N–H and O–H groups in total. The van der Waals surface area contributed by atoms with Crippen LogP contribution in [-0.2, 0) is 0 Å². The minimum atomic E-state index is -0.357. The van der Waals surface area contributed by atoms with E-state index in [1.165, 1.54) is 16.7 Å². The standard InChI is InChI=1S/C62H46N4O/c1-6-21-41(22-7-1)55-54(56(42-23-8-2-9-24-42)58(44-27-12-4-13-28-44)63-57(55)43-25-10-3-11-26-43)47-32-19-34-49(40-47)62-65-60(45-29-14-5-15-30-45)64-61(66-62)48-33-18-31-46(39-48)50-36-20-37-52-51-35-16-17-38-53(51)67-59(50)52/h1-40,57,60-61,63-64H,(H,65,66). The molecular weight excluding hydrogens is 817 g/mol. The van der Waals surface area contributed by atoms with Crippen molar-refractivity contribution in [2.45, 2.75) is 18.4 Å². The summed E-state index contributed by atoms with van der Waals surface area (Å²) in [5, 5.41) is 14.0. The number of benzene rings is 9. The highest BCUT2D eigenvalue weighted by Gasteiger charge is 2.34. The van der Waals surface area contributed by atoms with Crippen molar-refractivity contribution in [2.24, 2.45) is 4.99 Å². The Balaban J connectivity index is 1.04. The number of rotatable bonds is 9. The monoisotopic (exact) mass is 862 g/mol. The zero-order valence-electron chi connectivity index (χ0n) is 36.7. The fourth-order valence-electron chi connectivity index (χ4n) is 9.91. The minimum Gasteiger partial charge on any atom is -0.455 e. The summed E-state index contributed by atoms with van der Waals surface area (Å²) in [6, 6.07) is 86.0. The van der Waals surface area contributed by atoms with Gasteiger partial charge in [0.1, 0.15) is 29.3 Å². The second kappa shape index (κ2) is 17.5. The number of hydrogen-bond acceptors (Lipinski definition) is 5. The molecule has 3 heterocycles. The maximum Gasteiger partial charge on any atom is 0.143 e. The lowest BCUT2D eigenvalue weighted by Crippen LogP contribution is -2.45. The lowest BCUT2D eigenvalue weighted by molar-refractivity contribution is 0.409. The Morgan fingerprint density at radius 3 is 1.69 bits per heavy atom. The fourth-order valence-corrected chi connectivity index (χ4v) is 9.91. The molecule has 0 saturated carbocycles. The molecule has 0 saturated heterocycles. The number of hydrogen-bond donors (Lipinski definition) is 3. The largest absolute Gasteiger partial charge is 0.455 e. The molecule has 320 valence electrons. The zero-order valence-corrected chi connectivity index (χ0v) is 36.7. The average molecular weight is 863 g/mol. The highest BCUT2D eigenvalue weighted by molar-refractivity contribution is 6.24. The third-order valence-electron chi connectivity index (χ3n) is 13.0. The van der Waals surface area contributed by atoms with Crippen LogP contribution in [0.5, 0.6) is 0 Å². The van der Waals surface area contributed by atoms with Gasteiger partial charge in [0.15, 0.2) is 0 Å². The summed E-state index contributed by atoms with van der Waals surface area (Å²) in [4.78, 5) is 5.53. The lowest BCUT2D eigenvalue weighted by atomic mass is 9.77. The summed E-state index contributed by atoms with van der Waals surface area (Å²) in [6.45, 7) is 0. The first kappa shape index (κ1) is 40.0. The number of nitrogens with one attached hydrogen (secondary N) is 3. The smallest absolute Gasteiger partial charge is 0.143 e. The molecular formula is C62H46N4O. The van der Waals surface area contributed by atoms with Crippen LogP contribution in [-0.4, -0.2) is 5.84 Å². The fraction of sp³-hybridized carbons (Fsp3) is 0.0484. The predicted octanol–water partition coefficient (Wildman–Crippen LogP) is 14.4. The molecule has 0 radical (unpaired) electrons. The third-order valence-corrected chi connectivity index (χ3v) is 13.0. The second-order valence-corrected chi connectivity index (χ2v) is 17.1. The van der Waals surface area contributed by atoms with E-state index in [9.17, 15) is 0 Å². The Morgan fingerprint density at radius 1 is 0.388 bits per heavy atom. The van der Waals surface area contributed by atoms with Gasteiger partial charge in [0.2, 0.25) is 0 Å². The normalized spacial score (nSPS) is 17.3. The first-order valence-electron chi connectivity index (χ1n) is 23.0. The van der Waals surface area contributed by atoms with E-state index in [1.807, 2.05) is 12.1 Å². The van der Waals surface area contributed by atoms with E-state index >= 15 is 0 Å². The van der Waals surface area contributed by atoms with E-state index < -0.39 is 0 Å². The van der Waals surface area contributed by atoms with Gasteiger partial charge >= 0.3 is 0 Å². The number of amidine groups is 1. The van der Waals surface area contributed by atoms with Crippen molar-refractivity contribution in [3.8, 4) is 11.1 Å². The van der Waals surface area contributed by atoms with Crippen LogP contribution < -0.4 is 16.0 Å². The Bertz CT molecular complexity index is 3490. The molecule has 5 heteroatoms. The van der Waals surface area contributed by atoms with Crippen LogP contribution in [0.1, 0.15) is 62.9 Å². The highest BCUT2D eigenvalue weighted by Crippen LogP contribution is 2.50. The number of allylic oxidation sites excluding steroid dienone is 2. The number of furan rings is 1. The Kier molecular flexibility index (Phi) is 10.4. The zero-order chi connectivity index (χ0) is 44.5. The summed E-state index contributed by atoms with van der Waals surface area (Å²) in [5.41, 5.74) is 17.4. The summed E-state index contributed by atoms with van der Waals surface area (Å²) in [7, 11) is 0. The molecule has 0 bridgehead atoms. The van der Waals surface area contributed by atoms with Gasteiger partial charge in [-0.25, -0.2) is 4.99 Å². The predicted molar refractivity (Wildman–Crippen MR) is 276 cm³/mol. The van der Waals surface area contributed by atoms with Crippen LogP contribution in [0.15, 0.2) is 252 Å².